The van der Waals surface area contributed by atoms with Crippen molar-refractivity contribution >= 4 is 5.97 Å². The molecule has 0 radical (unpaired) electrons. The third-order valence-electron chi connectivity index (χ3n) is 3.28. The van der Waals surface area contributed by atoms with Crippen LogP contribution in [-0.2, 0) is 4.79 Å². The molecule has 0 amide bonds. The van der Waals surface area contributed by atoms with Gasteiger partial charge in [0.25, 0.3) is 0 Å². The highest BCUT2D eigenvalue weighted by Gasteiger charge is 2.26. The van der Waals surface area contributed by atoms with E-state index in [-0.39, 0.29) is 11.8 Å². The van der Waals surface area contributed by atoms with Crippen molar-refractivity contribution in [1.29, 1.82) is 0 Å². The van der Waals surface area contributed by atoms with Crippen LogP contribution in [0.25, 0.3) is 0 Å². The largest absolute Gasteiger partial charge is 0.550 e. The van der Waals surface area contributed by atoms with Gasteiger partial charge in [0.05, 0.1) is 0 Å². The summed E-state index contributed by atoms with van der Waals surface area (Å²) < 4.78 is 0. The van der Waals surface area contributed by atoms with Crippen LogP contribution in [-0.4, -0.2) is 5.97 Å². The molecule has 1 aliphatic rings. The molecule has 1 aliphatic carbocycles. The van der Waals surface area contributed by atoms with Gasteiger partial charge in [0.2, 0.25) is 0 Å². The van der Waals surface area contributed by atoms with Crippen molar-refractivity contribution in [2.75, 3.05) is 0 Å². The van der Waals surface area contributed by atoms with Crippen molar-refractivity contribution in [2.24, 2.45) is 5.41 Å². The zero-order valence-corrected chi connectivity index (χ0v) is 8.76. The van der Waals surface area contributed by atoms with Crippen molar-refractivity contribution in [3.63, 3.8) is 0 Å². The first-order valence-corrected chi connectivity index (χ1v) is 5.52. The fourth-order valence-electron chi connectivity index (χ4n) is 2.35. The van der Waals surface area contributed by atoms with Crippen LogP contribution in [0.1, 0.15) is 51.4 Å². The predicted molar refractivity (Wildman–Crippen MR) is 54.6 cm³/mol. The van der Waals surface area contributed by atoms with Crippen LogP contribution in [0.15, 0.2) is 12.7 Å². The number of carboxylic acid groups (broad SMARTS) is 1. The van der Waals surface area contributed by atoms with E-state index in [1.807, 2.05) is 6.08 Å². The standard InChI is InChI=1S/C12H20O2/c1-2-12(10-11(13)14)8-6-4-3-5-7-9-12/h2H,1,3-10H2,(H,13,14)/p-1. The number of carbonyl (C=O) groups is 1. The first-order valence-electron chi connectivity index (χ1n) is 5.52. The molecule has 2 heteroatoms. The number of carbonyl (C=O) groups excluding carboxylic acids is 1. The minimum absolute atomic E-state index is 0.149. The summed E-state index contributed by atoms with van der Waals surface area (Å²) >= 11 is 0. The Balaban J connectivity index is 2.62. The van der Waals surface area contributed by atoms with Crippen molar-refractivity contribution < 1.29 is 9.90 Å². The lowest BCUT2D eigenvalue weighted by molar-refractivity contribution is -0.307. The number of hydrogen-bond donors (Lipinski definition) is 0. The maximum absolute atomic E-state index is 10.7. The fourth-order valence-corrected chi connectivity index (χ4v) is 2.35. The van der Waals surface area contributed by atoms with Gasteiger partial charge >= 0.3 is 0 Å². The first kappa shape index (κ1) is 11.3. The molecule has 0 aromatic heterocycles. The number of allylic oxidation sites excluding steroid dienone is 1. The van der Waals surface area contributed by atoms with Crippen molar-refractivity contribution in [1.82, 2.24) is 0 Å². The molecule has 2 nitrogen and oxygen atoms in total. The number of hydrogen-bond acceptors (Lipinski definition) is 2. The van der Waals surface area contributed by atoms with E-state index in [1.54, 1.807) is 0 Å². The summed E-state index contributed by atoms with van der Waals surface area (Å²) in [6.07, 6.45) is 9.90. The smallest absolute Gasteiger partial charge is 0.0422 e. The van der Waals surface area contributed by atoms with Gasteiger partial charge in [-0.25, -0.2) is 0 Å². The number of rotatable bonds is 3. The van der Waals surface area contributed by atoms with Crippen molar-refractivity contribution in [3.8, 4) is 0 Å². The number of aliphatic carboxylic acids is 1. The summed E-state index contributed by atoms with van der Waals surface area (Å²) in [5.41, 5.74) is -0.181. The highest BCUT2D eigenvalue weighted by Crippen LogP contribution is 2.37. The van der Waals surface area contributed by atoms with E-state index in [2.05, 4.69) is 6.58 Å². The molecule has 14 heavy (non-hydrogen) atoms. The molecule has 0 aromatic rings. The summed E-state index contributed by atoms with van der Waals surface area (Å²) in [5.74, 6) is -0.939. The third-order valence-corrected chi connectivity index (χ3v) is 3.28. The molecule has 0 atom stereocenters. The lowest BCUT2D eigenvalue weighted by atomic mass is 9.74. The number of carboxylic acids is 1. The molecule has 0 bridgehead atoms. The SMILES string of the molecule is C=CC1(CC(=O)[O-])CCCCCCC1. The van der Waals surface area contributed by atoms with Gasteiger partial charge in [-0.15, -0.1) is 6.58 Å². The van der Waals surface area contributed by atoms with E-state index in [0.717, 1.165) is 25.7 Å². The van der Waals surface area contributed by atoms with Gasteiger partial charge in [-0.3, -0.25) is 0 Å². The summed E-state index contributed by atoms with van der Waals surface area (Å²) in [5, 5.41) is 10.7. The van der Waals surface area contributed by atoms with Crippen LogP contribution in [0.3, 0.4) is 0 Å². The maximum atomic E-state index is 10.7. The Morgan fingerprint density at radius 2 is 1.71 bits per heavy atom. The molecular formula is C12H19O2-. The highest BCUT2D eigenvalue weighted by molar-refractivity contribution is 5.65. The highest BCUT2D eigenvalue weighted by atomic mass is 16.4. The van der Waals surface area contributed by atoms with E-state index in [4.69, 9.17) is 0 Å². The maximum Gasteiger partial charge on any atom is 0.0422 e. The molecule has 0 unspecified atom stereocenters. The molecule has 1 rings (SSSR count). The van der Waals surface area contributed by atoms with Gasteiger partial charge in [0.15, 0.2) is 0 Å². The molecule has 0 N–H and O–H groups in total. The first-order chi connectivity index (χ1) is 6.68. The van der Waals surface area contributed by atoms with Gasteiger partial charge in [0, 0.05) is 5.97 Å². The van der Waals surface area contributed by atoms with E-state index >= 15 is 0 Å². The molecule has 1 fully saturated rings. The molecular weight excluding hydrogens is 176 g/mol. The lowest BCUT2D eigenvalue weighted by Gasteiger charge is -2.32. The second-order valence-corrected chi connectivity index (χ2v) is 4.38. The van der Waals surface area contributed by atoms with Gasteiger partial charge in [-0.05, 0) is 24.7 Å². The Labute approximate surface area is 86.0 Å². The van der Waals surface area contributed by atoms with Crippen LogP contribution < -0.4 is 5.11 Å². The van der Waals surface area contributed by atoms with Gasteiger partial charge in [-0.2, -0.15) is 0 Å². The van der Waals surface area contributed by atoms with E-state index in [0.29, 0.717) is 0 Å². The van der Waals surface area contributed by atoms with Crippen LogP contribution in [0.5, 0.6) is 0 Å². The predicted octanol–water partition coefficient (Wildman–Crippen LogP) is 2.04. The zero-order valence-electron chi connectivity index (χ0n) is 8.76. The normalized spacial score (nSPS) is 22.0. The summed E-state index contributed by atoms with van der Waals surface area (Å²) in [4.78, 5) is 10.7. The zero-order chi connectivity index (χ0) is 10.4. The Morgan fingerprint density at radius 3 is 2.14 bits per heavy atom. The molecule has 0 heterocycles. The average molecular weight is 195 g/mol. The van der Waals surface area contributed by atoms with Crippen LogP contribution >= 0.6 is 0 Å². The van der Waals surface area contributed by atoms with E-state index < -0.39 is 5.97 Å². The summed E-state index contributed by atoms with van der Waals surface area (Å²) in [6.45, 7) is 3.79. The minimum Gasteiger partial charge on any atom is -0.550 e. The quantitative estimate of drug-likeness (QED) is 0.646. The van der Waals surface area contributed by atoms with Crippen LogP contribution in [0, 0.1) is 5.41 Å². The van der Waals surface area contributed by atoms with Crippen molar-refractivity contribution in [2.45, 2.75) is 51.4 Å². The minimum atomic E-state index is -0.939. The Bertz CT molecular complexity index is 200. The fraction of sp³-hybridized carbons (Fsp3) is 0.750. The summed E-state index contributed by atoms with van der Waals surface area (Å²) in [7, 11) is 0. The van der Waals surface area contributed by atoms with Crippen molar-refractivity contribution in [3.05, 3.63) is 12.7 Å². The summed E-state index contributed by atoms with van der Waals surface area (Å²) in [6, 6.07) is 0. The lowest BCUT2D eigenvalue weighted by Crippen LogP contribution is -2.31. The topological polar surface area (TPSA) is 40.1 Å². The Morgan fingerprint density at radius 1 is 1.21 bits per heavy atom. The van der Waals surface area contributed by atoms with Gasteiger partial charge in [0.1, 0.15) is 0 Å². The second-order valence-electron chi connectivity index (χ2n) is 4.38. The van der Waals surface area contributed by atoms with Crippen LogP contribution in [0.2, 0.25) is 0 Å². The molecule has 1 saturated carbocycles. The monoisotopic (exact) mass is 195 g/mol. The molecule has 80 valence electrons. The van der Waals surface area contributed by atoms with Gasteiger partial charge in [-0.1, -0.05) is 38.2 Å². The molecule has 0 saturated heterocycles. The average Bonchev–Trinajstić information content (AvgIpc) is 2.09. The molecule has 0 spiro atoms. The molecule has 0 aliphatic heterocycles. The Kier molecular flexibility index (Phi) is 4.18. The molecule has 0 aromatic carbocycles. The van der Waals surface area contributed by atoms with E-state index in [1.165, 1.54) is 19.3 Å². The second kappa shape index (κ2) is 5.18. The third kappa shape index (κ3) is 3.17. The van der Waals surface area contributed by atoms with Gasteiger partial charge < -0.3 is 9.90 Å². The van der Waals surface area contributed by atoms with E-state index in [9.17, 15) is 9.90 Å². The Hall–Kier alpha value is -0.790. The van der Waals surface area contributed by atoms with Crippen LogP contribution in [0.4, 0.5) is 0 Å².